The largest absolute Gasteiger partial charge is 0.481 e. The van der Waals surface area contributed by atoms with Crippen LogP contribution in [0.5, 0.6) is 0 Å². The predicted molar refractivity (Wildman–Crippen MR) is 123 cm³/mol. The van der Waals surface area contributed by atoms with Gasteiger partial charge in [0.05, 0.1) is 31.1 Å². The second kappa shape index (κ2) is 9.78. The van der Waals surface area contributed by atoms with Crippen molar-refractivity contribution in [3.8, 4) is 22.4 Å². The van der Waals surface area contributed by atoms with Gasteiger partial charge < -0.3 is 20.1 Å². The molecule has 0 bridgehead atoms. The second-order valence-electron chi connectivity index (χ2n) is 8.87. The zero-order valence-electron chi connectivity index (χ0n) is 18.5. The number of benzene rings is 2. The van der Waals surface area contributed by atoms with Gasteiger partial charge in [-0.25, -0.2) is 4.98 Å². The molecule has 2 atom stereocenters. The number of aliphatic hydroxyl groups excluding tert-OH is 1. The third-order valence-electron chi connectivity index (χ3n) is 5.46. The summed E-state index contributed by atoms with van der Waals surface area (Å²) in [4.78, 5) is 28.7. The van der Waals surface area contributed by atoms with E-state index < -0.39 is 30.4 Å². The van der Waals surface area contributed by atoms with E-state index in [1.807, 2.05) is 75.4 Å². The van der Waals surface area contributed by atoms with Crippen molar-refractivity contribution >= 4 is 11.9 Å². The number of carboxylic acid groups (broad SMARTS) is 1. The molecule has 2 aromatic carbocycles. The molecule has 0 aliphatic rings. The van der Waals surface area contributed by atoms with Crippen LogP contribution in [-0.2, 0) is 9.59 Å². The third-order valence-corrected chi connectivity index (χ3v) is 5.46. The zero-order chi connectivity index (χ0) is 23.3. The van der Waals surface area contributed by atoms with Crippen LogP contribution in [0.2, 0.25) is 0 Å². The van der Waals surface area contributed by atoms with Crippen molar-refractivity contribution in [3.05, 3.63) is 67.1 Å². The molecule has 0 spiro atoms. The molecule has 1 amide bonds. The van der Waals surface area contributed by atoms with Crippen LogP contribution in [-0.4, -0.2) is 44.3 Å². The van der Waals surface area contributed by atoms with Gasteiger partial charge in [0.2, 0.25) is 5.91 Å². The lowest BCUT2D eigenvalue weighted by molar-refractivity contribution is -0.141. The van der Waals surface area contributed by atoms with Gasteiger partial charge in [0.25, 0.3) is 0 Å². The number of carbonyl (C=O) groups is 2. The quantitative estimate of drug-likeness (QED) is 0.500. The van der Waals surface area contributed by atoms with Gasteiger partial charge in [-0.3, -0.25) is 9.59 Å². The fourth-order valence-corrected chi connectivity index (χ4v) is 3.42. The second-order valence-corrected chi connectivity index (χ2v) is 8.87. The Kier molecular flexibility index (Phi) is 7.10. The van der Waals surface area contributed by atoms with Gasteiger partial charge in [0.15, 0.2) is 0 Å². The molecule has 1 aromatic heterocycles. The van der Waals surface area contributed by atoms with Crippen LogP contribution >= 0.6 is 0 Å². The van der Waals surface area contributed by atoms with Crippen LogP contribution in [0.4, 0.5) is 0 Å². The highest BCUT2D eigenvalue weighted by molar-refractivity contribution is 5.85. The number of carbonyl (C=O) groups excluding carboxylic acids is 1. The van der Waals surface area contributed by atoms with Crippen LogP contribution < -0.4 is 5.32 Å². The minimum absolute atomic E-state index is 0.238. The van der Waals surface area contributed by atoms with Gasteiger partial charge in [-0.05, 0) is 16.5 Å². The van der Waals surface area contributed by atoms with Crippen LogP contribution in [0.1, 0.15) is 33.2 Å². The van der Waals surface area contributed by atoms with Crippen molar-refractivity contribution < 1.29 is 19.8 Å². The Morgan fingerprint density at radius 2 is 1.59 bits per heavy atom. The Morgan fingerprint density at radius 1 is 1.00 bits per heavy atom. The summed E-state index contributed by atoms with van der Waals surface area (Å²) < 4.78 is 1.51. The molecule has 2 unspecified atom stereocenters. The highest BCUT2D eigenvalue weighted by atomic mass is 16.4. The number of imidazole rings is 1. The molecule has 7 nitrogen and oxygen atoms in total. The molecule has 0 fully saturated rings. The van der Waals surface area contributed by atoms with E-state index >= 15 is 0 Å². The zero-order valence-corrected chi connectivity index (χ0v) is 18.5. The van der Waals surface area contributed by atoms with Crippen LogP contribution in [0, 0.1) is 5.41 Å². The molecule has 7 heteroatoms. The lowest BCUT2D eigenvalue weighted by Gasteiger charge is -2.31. The molecule has 3 aromatic rings. The number of nitrogens with zero attached hydrogens (tertiary/aromatic N) is 2. The summed E-state index contributed by atoms with van der Waals surface area (Å²) in [5.74, 6) is -1.56. The standard InChI is InChI=1S/C25H29N3O4/c1-25(2,3)22(15-29)27-24(32)21(13-23(30)31)28-14-20(26-16-28)19-11-9-18(10-12-19)17-7-5-4-6-8-17/h4-12,14,16,21-22,29H,13,15H2,1-3H3,(H,27,32)(H,30,31). The smallest absolute Gasteiger partial charge is 0.306 e. The van der Waals surface area contributed by atoms with Crippen molar-refractivity contribution in [1.29, 1.82) is 0 Å². The molecule has 0 radical (unpaired) electrons. The Hall–Kier alpha value is -3.45. The number of aliphatic hydroxyl groups is 1. The van der Waals surface area contributed by atoms with Gasteiger partial charge in [0, 0.05) is 11.8 Å². The monoisotopic (exact) mass is 435 g/mol. The van der Waals surface area contributed by atoms with Gasteiger partial charge >= 0.3 is 5.97 Å². The van der Waals surface area contributed by atoms with E-state index in [9.17, 15) is 19.8 Å². The van der Waals surface area contributed by atoms with Gasteiger partial charge in [-0.2, -0.15) is 0 Å². The number of amides is 1. The van der Waals surface area contributed by atoms with Gasteiger partial charge in [-0.1, -0.05) is 75.4 Å². The van der Waals surface area contributed by atoms with Crippen LogP contribution in [0.15, 0.2) is 67.1 Å². The topological polar surface area (TPSA) is 104 Å². The number of hydrogen-bond donors (Lipinski definition) is 3. The van der Waals surface area contributed by atoms with Crippen LogP contribution in [0.3, 0.4) is 0 Å². The summed E-state index contributed by atoms with van der Waals surface area (Å²) in [6.07, 6.45) is 2.76. The normalized spacial score (nSPS) is 13.4. The average molecular weight is 436 g/mol. The molecule has 1 heterocycles. The van der Waals surface area contributed by atoms with E-state index in [4.69, 9.17) is 0 Å². The first-order valence-electron chi connectivity index (χ1n) is 10.5. The number of nitrogens with one attached hydrogen (secondary N) is 1. The summed E-state index contributed by atoms with van der Waals surface area (Å²) in [5, 5.41) is 21.8. The van der Waals surface area contributed by atoms with Gasteiger partial charge in [-0.15, -0.1) is 0 Å². The molecular formula is C25H29N3O4. The maximum absolute atomic E-state index is 12.9. The first kappa shape index (κ1) is 23.2. The molecule has 0 aliphatic heterocycles. The summed E-state index contributed by atoms with van der Waals surface area (Å²) in [7, 11) is 0. The van der Waals surface area contributed by atoms with E-state index in [-0.39, 0.29) is 12.0 Å². The maximum Gasteiger partial charge on any atom is 0.306 e. The van der Waals surface area contributed by atoms with Gasteiger partial charge in [0.1, 0.15) is 6.04 Å². The summed E-state index contributed by atoms with van der Waals surface area (Å²) >= 11 is 0. The van der Waals surface area contributed by atoms with E-state index in [0.29, 0.717) is 5.69 Å². The Labute approximate surface area is 187 Å². The molecule has 0 saturated heterocycles. The molecule has 3 rings (SSSR count). The minimum atomic E-state index is -1.09. The molecule has 168 valence electrons. The lowest BCUT2D eigenvalue weighted by atomic mass is 9.87. The maximum atomic E-state index is 12.9. The third kappa shape index (κ3) is 5.62. The Balaban J connectivity index is 1.82. The number of hydrogen-bond acceptors (Lipinski definition) is 4. The van der Waals surface area contributed by atoms with E-state index in [1.165, 1.54) is 10.9 Å². The van der Waals surface area contributed by atoms with Crippen molar-refractivity contribution in [3.63, 3.8) is 0 Å². The summed E-state index contributed by atoms with van der Waals surface area (Å²) in [6.45, 7) is 5.45. The lowest BCUT2D eigenvalue weighted by Crippen LogP contribution is -2.48. The minimum Gasteiger partial charge on any atom is -0.481 e. The van der Waals surface area contributed by atoms with Crippen molar-refractivity contribution in [1.82, 2.24) is 14.9 Å². The summed E-state index contributed by atoms with van der Waals surface area (Å²) in [6, 6.07) is 16.4. The molecule has 0 saturated carbocycles. The highest BCUT2D eigenvalue weighted by Gasteiger charge is 2.30. The molecule has 0 aliphatic carbocycles. The average Bonchev–Trinajstić information content (AvgIpc) is 3.25. The molecule has 3 N–H and O–H groups in total. The number of aliphatic carboxylic acids is 1. The number of rotatable bonds is 8. The number of carboxylic acids is 1. The highest BCUT2D eigenvalue weighted by Crippen LogP contribution is 2.26. The fourth-order valence-electron chi connectivity index (χ4n) is 3.42. The predicted octanol–water partition coefficient (Wildman–Crippen LogP) is 3.76. The van der Waals surface area contributed by atoms with E-state index in [2.05, 4.69) is 10.3 Å². The van der Waals surface area contributed by atoms with Crippen LogP contribution in [0.25, 0.3) is 22.4 Å². The number of aromatic nitrogens is 2. The first-order valence-corrected chi connectivity index (χ1v) is 10.5. The SMILES string of the molecule is CC(C)(C)C(CO)NC(=O)C(CC(=O)O)n1cnc(-c2ccc(-c3ccccc3)cc2)c1. The van der Waals surface area contributed by atoms with E-state index in [1.54, 1.807) is 6.20 Å². The van der Waals surface area contributed by atoms with Crippen molar-refractivity contribution in [2.24, 2.45) is 5.41 Å². The fraction of sp³-hybridized carbons (Fsp3) is 0.320. The molecular weight excluding hydrogens is 406 g/mol. The van der Waals surface area contributed by atoms with Crippen molar-refractivity contribution in [2.75, 3.05) is 6.61 Å². The summed E-state index contributed by atoms with van der Waals surface area (Å²) in [5.41, 5.74) is 3.32. The van der Waals surface area contributed by atoms with E-state index in [0.717, 1.165) is 16.7 Å². The Bertz CT molecular complexity index is 1050. The molecule has 32 heavy (non-hydrogen) atoms. The van der Waals surface area contributed by atoms with Crippen molar-refractivity contribution in [2.45, 2.75) is 39.3 Å². The first-order chi connectivity index (χ1) is 15.2. The Morgan fingerprint density at radius 3 is 2.16 bits per heavy atom.